The minimum absolute atomic E-state index is 0.0441. The standard InChI is InChI=1S/C19H25NO4S/c1-18-9-10-19(2)16(7-8-17(19)21)15(18)5-3-12-11-13(4-6-14(12)18)24-25(20,22)23/h4,6,11,15-16H,3,5,7-10H2,1-2H3,(H2,20,22,23)/t15-,16-,18+,19-/m0/s1. The molecular weight excluding hydrogens is 338 g/mol. The van der Waals surface area contributed by atoms with Gasteiger partial charge in [-0.25, -0.2) is 0 Å². The summed E-state index contributed by atoms with van der Waals surface area (Å²) in [6.07, 6.45) is 5.60. The summed E-state index contributed by atoms with van der Waals surface area (Å²) >= 11 is 0. The van der Waals surface area contributed by atoms with Crippen molar-refractivity contribution in [3.8, 4) is 5.75 Å². The fourth-order valence-electron chi connectivity index (χ4n) is 5.90. The zero-order chi connectivity index (χ0) is 18.0. The second kappa shape index (κ2) is 5.30. The fourth-order valence-corrected chi connectivity index (χ4v) is 6.27. The molecule has 1 aromatic carbocycles. The minimum atomic E-state index is -4.01. The van der Waals surface area contributed by atoms with E-state index >= 15 is 0 Å². The molecule has 25 heavy (non-hydrogen) atoms. The van der Waals surface area contributed by atoms with Crippen LogP contribution in [0.4, 0.5) is 0 Å². The van der Waals surface area contributed by atoms with E-state index in [-0.39, 0.29) is 16.6 Å². The third-order valence-corrected chi connectivity index (χ3v) is 7.66. The van der Waals surface area contributed by atoms with Crippen molar-refractivity contribution in [1.82, 2.24) is 0 Å². The van der Waals surface area contributed by atoms with E-state index < -0.39 is 10.3 Å². The Kier molecular flexibility index (Phi) is 3.61. The van der Waals surface area contributed by atoms with Crippen LogP contribution < -0.4 is 9.32 Å². The Bertz CT molecular complexity index is 849. The maximum atomic E-state index is 12.4. The molecule has 0 heterocycles. The third-order valence-electron chi connectivity index (χ3n) is 7.23. The lowest BCUT2D eigenvalue weighted by molar-refractivity contribution is -0.130. The first kappa shape index (κ1) is 17.0. The molecular formula is C19H25NO4S. The maximum Gasteiger partial charge on any atom is 0.380 e. The van der Waals surface area contributed by atoms with Gasteiger partial charge in [0.15, 0.2) is 0 Å². The van der Waals surface area contributed by atoms with Gasteiger partial charge in [-0.15, -0.1) is 0 Å². The Labute approximate surface area is 149 Å². The summed E-state index contributed by atoms with van der Waals surface area (Å²) in [4.78, 5) is 12.4. The molecule has 2 saturated carbocycles. The van der Waals surface area contributed by atoms with E-state index in [0.29, 0.717) is 17.6 Å². The fraction of sp³-hybridized carbons (Fsp3) is 0.632. The van der Waals surface area contributed by atoms with Gasteiger partial charge in [-0.1, -0.05) is 19.9 Å². The number of hydrogen-bond donors (Lipinski definition) is 1. The molecule has 0 saturated heterocycles. The van der Waals surface area contributed by atoms with Gasteiger partial charge in [0.1, 0.15) is 11.5 Å². The molecule has 0 unspecified atom stereocenters. The third kappa shape index (κ3) is 2.53. The number of hydrogen-bond acceptors (Lipinski definition) is 4. The van der Waals surface area contributed by atoms with Crippen molar-refractivity contribution in [2.75, 3.05) is 0 Å². The Balaban J connectivity index is 1.71. The van der Waals surface area contributed by atoms with Crippen LogP contribution in [0, 0.1) is 17.3 Å². The summed E-state index contributed by atoms with van der Waals surface area (Å²) in [6.45, 7) is 4.49. The number of carbonyl (C=O) groups is 1. The number of rotatable bonds is 2. The van der Waals surface area contributed by atoms with Crippen LogP contribution in [0.3, 0.4) is 0 Å². The molecule has 0 aliphatic heterocycles. The number of Topliss-reactive ketones (excluding diaryl/α,β-unsaturated/α-hetero) is 1. The molecule has 0 amide bonds. The van der Waals surface area contributed by atoms with Crippen LogP contribution in [-0.2, 0) is 26.9 Å². The van der Waals surface area contributed by atoms with Gasteiger partial charge in [-0.3, -0.25) is 4.79 Å². The van der Waals surface area contributed by atoms with E-state index in [0.717, 1.165) is 44.1 Å². The molecule has 4 rings (SSSR count). The molecule has 0 radical (unpaired) electrons. The molecule has 6 heteroatoms. The molecule has 2 fully saturated rings. The topological polar surface area (TPSA) is 86.5 Å². The summed E-state index contributed by atoms with van der Waals surface area (Å²) < 4.78 is 27.2. The molecule has 3 aliphatic rings. The first-order valence-electron chi connectivity index (χ1n) is 9.02. The average molecular weight is 363 g/mol. The Hall–Kier alpha value is -1.40. The zero-order valence-corrected chi connectivity index (χ0v) is 15.6. The second-order valence-electron chi connectivity index (χ2n) is 8.44. The SMILES string of the molecule is C[C@]12CC[C@]3(C)c4ccc(OS(N)(=O)=O)cc4CC[C@H]3[C@@H]1CCC2=O. The van der Waals surface area contributed by atoms with Crippen molar-refractivity contribution in [3.05, 3.63) is 29.3 Å². The minimum Gasteiger partial charge on any atom is -0.371 e. The van der Waals surface area contributed by atoms with Gasteiger partial charge >= 0.3 is 10.3 Å². The normalized spacial score (nSPS) is 37.2. The zero-order valence-electron chi connectivity index (χ0n) is 14.7. The molecule has 136 valence electrons. The van der Waals surface area contributed by atoms with Crippen LogP contribution in [0.25, 0.3) is 0 Å². The molecule has 0 spiro atoms. The smallest absolute Gasteiger partial charge is 0.371 e. The number of nitrogens with two attached hydrogens (primary N) is 1. The summed E-state index contributed by atoms with van der Waals surface area (Å²) in [5.74, 6) is 1.70. The van der Waals surface area contributed by atoms with Gasteiger partial charge in [0.25, 0.3) is 0 Å². The van der Waals surface area contributed by atoms with Gasteiger partial charge in [0, 0.05) is 11.8 Å². The first-order chi connectivity index (χ1) is 11.6. The van der Waals surface area contributed by atoms with Gasteiger partial charge in [-0.05, 0) is 72.6 Å². The van der Waals surface area contributed by atoms with Crippen LogP contribution in [-0.4, -0.2) is 14.2 Å². The molecule has 0 bridgehead atoms. The number of fused-ring (bicyclic) bond motifs is 5. The van der Waals surface area contributed by atoms with E-state index in [2.05, 4.69) is 13.8 Å². The monoisotopic (exact) mass is 363 g/mol. The van der Waals surface area contributed by atoms with Gasteiger partial charge < -0.3 is 4.18 Å². The Morgan fingerprint density at radius 3 is 2.44 bits per heavy atom. The molecule has 2 N–H and O–H groups in total. The van der Waals surface area contributed by atoms with E-state index in [1.54, 1.807) is 6.07 Å². The average Bonchev–Trinajstić information content (AvgIpc) is 2.81. The highest BCUT2D eigenvalue weighted by Crippen LogP contribution is 2.62. The number of carbonyl (C=O) groups excluding carboxylic acids is 1. The van der Waals surface area contributed by atoms with Crippen LogP contribution in [0.1, 0.15) is 57.1 Å². The largest absolute Gasteiger partial charge is 0.380 e. The van der Waals surface area contributed by atoms with Crippen LogP contribution in [0.15, 0.2) is 18.2 Å². The van der Waals surface area contributed by atoms with E-state index in [9.17, 15) is 13.2 Å². The second-order valence-corrected chi connectivity index (χ2v) is 9.60. The Morgan fingerprint density at radius 2 is 1.72 bits per heavy atom. The summed E-state index contributed by atoms with van der Waals surface area (Å²) in [7, 11) is -4.01. The van der Waals surface area contributed by atoms with Crippen molar-refractivity contribution < 1.29 is 17.4 Å². The van der Waals surface area contributed by atoms with E-state index in [1.807, 2.05) is 12.1 Å². The molecule has 0 aromatic heterocycles. The van der Waals surface area contributed by atoms with Crippen molar-refractivity contribution in [2.45, 2.75) is 57.8 Å². The molecule has 4 atom stereocenters. The first-order valence-corrected chi connectivity index (χ1v) is 10.5. The predicted molar refractivity (Wildman–Crippen MR) is 94.4 cm³/mol. The van der Waals surface area contributed by atoms with Crippen LogP contribution in [0.2, 0.25) is 0 Å². The van der Waals surface area contributed by atoms with E-state index in [1.165, 1.54) is 5.56 Å². The molecule has 3 aliphatic carbocycles. The van der Waals surface area contributed by atoms with Gasteiger partial charge in [-0.2, -0.15) is 13.6 Å². The highest BCUT2D eigenvalue weighted by molar-refractivity contribution is 7.84. The molecule has 5 nitrogen and oxygen atoms in total. The number of aryl methyl sites for hydroxylation is 1. The summed E-state index contributed by atoms with van der Waals surface area (Å²) in [6, 6.07) is 5.51. The Morgan fingerprint density at radius 1 is 1.08 bits per heavy atom. The number of ketones is 1. The van der Waals surface area contributed by atoms with Crippen molar-refractivity contribution in [2.24, 2.45) is 22.4 Å². The summed E-state index contributed by atoms with van der Waals surface area (Å²) in [5, 5.41) is 4.98. The summed E-state index contributed by atoms with van der Waals surface area (Å²) in [5.41, 5.74) is 2.33. The van der Waals surface area contributed by atoms with Gasteiger partial charge in [0.2, 0.25) is 0 Å². The lowest BCUT2D eigenvalue weighted by atomic mass is 9.49. The molecule has 1 aromatic rings. The lowest BCUT2D eigenvalue weighted by Crippen LogP contribution is -2.50. The quantitative estimate of drug-likeness (QED) is 0.875. The van der Waals surface area contributed by atoms with E-state index in [4.69, 9.17) is 9.32 Å². The van der Waals surface area contributed by atoms with Crippen molar-refractivity contribution in [3.63, 3.8) is 0 Å². The highest BCUT2D eigenvalue weighted by atomic mass is 32.2. The van der Waals surface area contributed by atoms with Crippen LogP contribution >= 0.6 is 0 Å². The highest BCUT2D eigenvalue weighted by Gasteiger charge is 2.58. The predicted octanol–water partition coefficient (Wildman–Crippen LogP) is 2.87. The van der Waals surface area contributed by atoms with Crippen molar-refractivity contribution >= 4 is 16.1 Å². The number of benzene rings is 1. The van der Waals surface area contributed by atoms with Crippen LogP contribution in [0.5, 0.6) is 5.75 Å². The van der Waals surface area contributed by atoms with Gasteiger partial charge in [0.05, 0.1) is 0 Å². The lowest BCUT2D eigenvalue weighted by Gasteiger charge is -2.54. The van der Waals surface area contributed by atoms with Crippen molar-refractivity contribution in [1.29, 1.82) is 0 Å². The maximum absolute atomic E-state index is 12.4.